The summed E-state index contributed by atoms with van der Waals surface area (Å²) in [6, 6.07) is 6.26. The predicted molar refractivity (Wildman–Crippen MR) is 148 cm³/mol. The molecule has 9 nitrogen and oxygen atoms in total. The van der Waals surface area contributed by atoms with E-state index in [-0.39, 0.29) is 23.6 Å². The van der Waals surface area contributed by atoms with Gasteiger partial charge in [0, 0.05) is 67.7 Å². The lowest BCUT2D eigenvalue weighted by Gasteiger charge is -2.31. The molecule has 0 atom stereocenters. The molecule has 4 aromatic rings. The van der Waals surface area contributed by atoms with E-state index in [9.17, 15) is 18.4 Å². The van der Waals surface area contributed by atoms with Crippen LogP contribution in [0.1, 0.15) is 51.9 Å². The Bertz CT molecular complexity index is 1740. The van der Waals surface area contributed by atoms with Crippen molar-refractivity contribution in [1.82, 2.24) is 24.0 Å². The number of rotatable bonds is 8. The molecule has 3 aromatic heterocycles. The lowest BCUT2D eigenvalue weighted by atomic mass is 9.87. The lowest BCUT2D eigenvalue weighted by Crippen LogP contribution is -2.37. The number of benzene rings is 1. The SMILES string of the molecule is [C-]#[N+]c1cnc(CN2CCc3c(cc(Cn4ccnc4C)cc3-c3cn(C)c(=O)cc3C(F)F)C2=O)cc1OCC. The van der Waals surface area contributed by atoms with Gasteiger partial charge in [-0.15, -0.1) is 0 Å². The second kappa shape index (κ2) is 11.3. The van der Waals surface area contributed by atoms with Crippen molar-refractivity contribution in [2.45, 2.75) is 39.8 Å². The monoisotopic (exact) mass is 558 g/mol. The van der Waals surface area contributed by atoms with E-state index in [2.05, 4.69) is 14.8 Å². The van der Waals surface area contributed by atoms with Crippen LogP contribution in [0.2, 0.25) is 0 Å². The Labute approximate surface area is 235 Å². The molecule has 0 radical (unpaired) electrons. The van der Waals surface area contributed by atoms with E-state index < -0.39 is 12.0 Å². The summed E-state index contributed by atoms with van der Waals surface area (Å²) in [6.07, 6.45) is 3.89. The molecular weight excluding hydrogens is 530 g/mol. The molecule has 1 amide bonds. The van der Waals surface area contributed by atoms with E-state index in [0.717, 1.165) is 17.5 Å². The number of hydrogen-bond donors (Lipinski definition) is 0. The van der Waals surface area contributed by atoms with E-state index >= 15 is 0 Å². The average Bonchev–Trinajstić information content (AvgIpc) is 3.35. The quantitative estimate of drug-likeness (QED) is 0.282. The molecule has 210 valence electrons. The van der Waals surface area contributed by atoms with Crippen LogP contribution in [0.3, 0.4) is 0 Å². The standard InChI is InChI=1S/C30H28F2N6O3/c1-5-41-27-12-20(35-14-26(27)33-3)16-38-8-6-21-22(25-17-36(4)28(39)13-23(25)29(31)32)10-19(11-24(21)30(38)40)15-37-9-7-34-18(37)2/h7,9-14,17,29H,5-6,8,15-16H2,1-2,4H3. The van der Waals surface area contributed by atoms with Gasteiger partial charge in [0.15, 0.2) is 0 Å². The second-order valence-electron chi connectivity index (χ2n) is 9.83. The summed E-state index contributed by atoms with van der Waals surface area (Å²) in [5, 5.41) is 0. The van der Waals surface area contributed by atoms with Crippen LogP contribution in [0, 0.1) is 13.5 Å². The summed E-state index contributed by atoms with van der Waals surface area (Å²) in [5.74, 6) is 0.924. The van der Waals surface area contributed by atoms with Crippen molar-refractivity contribution in [2.75, 3.05) is 13.2 Å². The fourth-order valence-electron chi connectivity index (χ4n) is 5.12. The Morgan fingerprint density at radius 3 is 2.56 bits per heavy atom. The zero-order valence-electron chi connectivity index (χ0n) is 22.9. The van der Waals surface area contributed by atoms with Gasteiger partial charge in [0.2, 0.25) is 5.69 Å². The van der Waals surface area contributed by atoms with Crippen molar-refractivity contribution in [3.63, 3.8) is 0 Å². The van der Waals surface area contributed by atoms with Crippen molar-refractivity contribution in [2.24, 2.45) is 7.05 Å². The number of ether oxygens (including phenoxy) is 1. The maximum atomic E-state index is 14.2. The molecule has 0 spiro atoms. The van der Waals surface area contributed by atoms with Crippen LogP contribution in [0.4, 0.5) is 14.5 Å². The van der Waals surface area contributed by atoms with Crippen LogP contribution in [0.25, 0.3) is 16.0 Å². The third-order valence-electron chi connectivity index (χ3n) is 7.20. The summed E-state index contributed by atoms with van der Waals surface area (Å²) < 4.78 is 37.1. The number of amides is 1. The minimum absolute atomic E-state index is 0.193. The van der Waals surface area contributed by atoms with E-state index in [1.807, 2.05) is 30.7 Å². The first-order valence-electron chi connectivity index (χ1n) is 13.1. The molecule has 0 saturated carbocycles. The van der Waals surface area contributed by atoms with Crippen molar-refractivity contribution < 1.29 is 18.3 Å². The Morgan fingerprint density at radius 2 is 1.88 bits per heavy atom. The zero-order valence-corrected chi connectivity index (χ0v) is 22.9. The molecule has 1 aliphatic rings. The largest absolute Gasteiger partial charge is 0.505 e. The molecule has 0 bridgehead atoms. The lowest BCUT2D eigenvalue weighted by molar-refractivity contribution is 0.0724. The number of carbonyl (C=O) groups is 1. The molecule has 0 N–H and O–H groups in total. The summed E-state index contributed by atoms with van der Waals surface area (Å²) >= 11 is 0. The predicted octanol–water partition coefficient (Wildman–Crippen LogP) is 5.09. The Hall–Kier alpha value is -4.85. The highest BCUT2D eigenvalue weighted by molar-refractivity contribution is 5.99. The van der Waals surface area contributed by atoms with Crippen molar-refractivity contribution in [1.29, 1.82) is 0 Å². The van der Waals surface area contributed by atoms with Crippen LogP contribution in [-0.2, 0) is 26.6 Å². The van der Waals surface area contributed by atoms with Crippen LogP contribution in [0.5, 0.6) is 5.75 Å². The van der Waals surface area contributed by atoms with E-state index in [0.29, 0.717) is 59.9 Å². The van der Waals surface area contributed by atoms with Crippen LogP contribution < -0.4 is 10.3 Å². The molecule has 0 aliphatic carbocycles. The summed E-state index contributed by atoms with van der Waals surface area (Å²) in [6.45, 7) is 12.3. The van der Waals surface area contributed by atoms with Gasteiger partial charge in [-0.05, 0) is 55.2 Å². The van der Waals surface area contributed by atoms with Gasteiger partial charge in [0.05, 0.1) is 25.4 Å². The second-order valence-corrected chi connectivity index (χ2v) is 9.83. The van der Waals surface area contributed by atoms with Crippen LogP contribution in [-0.4, -0.2) is 43.1 Å². The molecule has 5 rings (SSSR count). The normalized spacial score (nSPS) is 12.9. The van der Waals surface area contributed by atoms with Gasteiger partial charge in [-0.1, -0.05) is 0 Å². The smallest absolute Gasteiger partial charge is 0.264 e. The van der Waals surface area contributed by atoms with Gasteiger partial charge < -0.3 is 18.8 Å². The Morgan fingerprint density at radius 1 is 1.10 bits per heavy atom. The van der Waals surface area contributed by atoms with Gasteiger partial charge >= 0.3 is 0 Å². The van der Waals surface area contributed by atoms with Gasteiger partial charge in [-0.25, -0.2) is 18.6 Å². The molecule has 0 fully saturated rings. The van der Waals surface area contributed by atoms with E-state index in [1.54, 1.807) is 23.2 Å². The summed E-state index contributed by atoms with van der Waals surface area (Å²) in [5.41, 5.74) is 2.50. The topological polar surface area (TPSA) is 86.6 Å². The highest BCUT2D eigenvalue weighted by atomic mass is 19.3. The van der Waals surface area contributed by atoms with Crippen molar-refractivity contribution in [3.8, 4) is 16.9 Å². The number of hydrogen-bond acceptors (Lipinski definition) is 5. The van der Waals surface area contributed by atoms with E-state index in [1.165, 1.54) is 24.0 Å². The molecular formula is C30H28F2N6O3. The van der Waals surface area contributed by atoms with Crippen LogP contribution >= 0.6 is 0 Å². The van der Waals surface area contributed by atoms with Crippen molar-refractivity contribution >= 4 is 11.6 Å². The number of fused-ring (bicyclic) bond motifs is 1. The third kappa shape index (κ3) is 5.45. The molecule has 0 unspecified atom stereocenters. The van der Waals surface area contributed by atoms with Crippen LogP contribution in [0.15, 0.2) is 53.8 Å². The molecule has 0 saturated heterocycles. The maximum Gasteiger partial charge on any atom is 0.264 e. The molecule has 1 aromatic carbocycles. The number of imidazole rings is 1. The third-order valence-corrected chi connectivity index (χ3v) is 7.20. The summed E-state index contributed by atoms with van der Waals surface area (Å²) in [7, 11) is 1.52. The molecule has 41 heavy (non-hydrogen) atoms. The highest BCUT2D eigenvalue weighted by Crippen LogP contribution is 2.37. The fourth-order valence-corrected chi connectivity index (χ4v) is 5.12. The number of aromatic nitrogens is 4. The Kier molecular flexibility index (Phi) is 7.66. The molecule has 11 heteroatoms. The maximum absolute atomic E-state index is 14.2. The highest BCUT2D eigenvalue weighted by Gasteiger charge is 2.30. The Balaban J connectivity index is 1.60. The average molecular weight is 559 g/mol. The first-order chi connectivity index (χ1) is 19.7. The van der Waals surface area contributed by atoms with Gasteiger partial charge in [0.25, 0.3) is 17.9 Å². The zero-order chi connectivity index (χ0) is 29.3. The number of pyridine rings is 2. The number of carbonyl (C=O) groups excluding carboxylic acids is 1. The van der Waals surface area contributed by atoms with Gasteiger partial charge in [-0.3, -0.25) is 14.6 Å². The van der Waals surface area contributed by atoms with Gasteiger partial charge in [-0.2, -0.15) is 0 Å². The molecule has 4 heterocycles. The fraction of sp³-hybridized carbons (Fsp3) is 0.300. The molecule has 1 aliphatic heterocycles. The van der Waals surface area contributed by atoms with E-state index in [4.69, 9.17) is 11.3 Å². The number of halogens is 2. The first kappa shape index (κ1) is 27.7. The number of alkyl halides is 2. The minimum Gasteiger partial charge on any atom is -0.505 e. The first-order valence-corrected chi connectivity index (χ1v) is 13.1. The number of nitrogens with zero attached hydrogens (tertiary/aromatic N) is 6. The minimum atomic E-state index is -2.87. The van der Waals surface area contributed by atoms with Gasteiger partial charge in [0.1, 0.15) is 11.6 Å². The number of aryl methyl sites for hydroxylation is 2. The van der Waals surface area contributed by atoms with Crippen molar-refractivity contribution in [3.05, 3.63) is 105 Å². The summed E-state index contributed by atoms with van der Waals surface area (Å²) in [4.78, 5) is 39.8.